The van der Waals surface area contributed by atoms with Gasteiger partial charge in [0.1, 0.15) is 36.3 Å². The van der Waals surface area contributed by atoms with Gasteiger partial charge in [0.15, 0.2) is 0 Å². The smallest absolute Gasteiger partial charge is 0.459 e. The van der Waals surface area contributed by atoms with Crippen molar-refractivity contribution in [1.82, 2.24) is 0 Å². The van der Waals surface area contributed by atoms with Gasteiger partial charge in [-0.25, -0.2) is 23.6 Å². The van der Waals surface area contributed by atoms with Crippen LogP contribution in [0.1, 0.15) is 17.3 Å². The minimum atomic E-state index is -1.16. The fourth-order valence-corrected chi connectivity index (χ4v) is 2.11. The Balaban J connectivity index is 1.90. The summed E-state index contributed by atoms with van der Waals surface area (Å²) in [6.45, 7) is 7.67. The molecule has 0 aliphatic rings. The van der Waals surface area contributed by atoms with Crippen molar-refractivity contribution in [1.29, 1.82) is 0 Å². The second kappa shape index (κ2) is 11.8. The Kier molecular flexibility index (Phi) is 8.86. The van der Waals surface area contributed by atoms with E-state index in [4.69, 9.17) is 14.2 Å². The lowest BCUT2D eigenvalue weighted by Gasteiger charge is -2.09. The van der Waals surface area contributed by atoms with E-state index in [1.54, 1.807) is 0 Å². The SMILES string of the molecule is C=CC(=O)OCCOC(=O)Oc1ccc(C(=O)Oc2ccc(OC(=O)C(=C)C)cc2)c(F)c1. The van der Waals surface area contributed by atoms with Crippen molar-refractivity contribution in [2.75, 3.05) is 13.2 Å². The average Bonchev–Trinajstić information content (AvgIpc) is 2.77. The van der Waals surface area contributed by atoms with E-state index in [2.05, 4.69) is 22.6 Å². The fraction of sp³-hybridized carbons (Fsp3) is 0.130. The minimum Gasteiger partial charge on any atom is -0.459 e. The molecule has 0 aromatic heterocycles. The monoisotopic (exact) mass is 458 g/mol. The van der Waals surface area contributed by atoms with E-state index in [1.807, 2.05) is 0 Å². The fourth-order valence-electron chi connectivity index (χ4n) is 2.11. The van der Waals surface area contributed by atoms with Crippen LogP contribution in [-0.2, 0) is 19.1 Å². The van der Waals surface area contributed by atoms with E-state index in [0.717, 1.165) is 18.2 Å². The molecule has 33 heavy (non-hydrogen) atoms. The number of benzene rings is 2. The number of halogens is 1. The van der Waals surface area contributed by atoms with Crippen LogP contribution < -0.4 is 14.2 Å². The first-order chi connectivity index (χ1) is 15.7. The molecule has 10 heteroatoms. The van der Waals surface area contributed by atoms with E-state index in [-0.39, 0.29) is 36.0 Å². The maximum absolute atomic E-state index is 14.3. The van der Waals surface area contributed by atoms with E-state index in [1.165, 1.54) is 37.3 Å². The molecule has 9 nitrogen and oxygen atoms in total. The number of carbonyl (C=O) groups excluding carboxylic acids is 4. The van der Waals surface area contributed by atoms with Crippen molar-refractivity contribution in [3.8, 4) is 17.2 Å². The molecule has 0 amide bonds. The number of esters is 3. The summed E-state index contributed by atoms with van der Waals surface area (Å²) >= 11 is 0. The van der Waals surface area contributed by atoms with Crippen LogP contribution in [0.5, 0.6) is 17.2 Å². The number of hydrogen-bond acceptors (Lipinski definition) is 9. The third kappa shape index (κ3) is 7.94. The first-order valence-corrected chi connectivity index (χ1v) is 9.33. The van der Waals surface area contributed by atoms with Crippen LogP contribution in [0.15, 0.2) is 67.3 Å². The van der Waals surface area contributed by atoms with Gasteiger partial charge in [0.25, 0.3) is 0 Å². The molecule has 2 aromatic carbocycles. The maximum atomic E-state index is 14.3. The van der Waals surface area contributed by atoms with Crippen molar-refractivity contribution < 1.29 is 47.3 Å². The Labute approximate surface area is 188 Å². The highest BCUT2D eigenvalue weighted by molar-refractivity contribution is 5.91. The second-order valence-corrected chi connectivity index (χ2v) is 6.24. The van der Waals surface area contributed by atoms with Gasteiger partial charge in [-0.3, -0.25) is 0 Å². The van der Waals surface area contributed by atoms with Gasteiger partial charge < -0.3 is 23.7 Å². The number of carbonyl (C=O) groups is 4. The Morgan fingerprint density at radius 1 is 0.879 bits per heavy atom. The Morgan fingerprint density at radius 2 is 1.45 bits per heavy atom. The lowest BCUT2D eigenvalue weighted by molar-refractivity contribution is -0.138. The number of hydrogen-bond donors (Lipinski definition) is 0. The quantitative estimate of drug-likeness (QED) is 0.182. The zero-order valence-electron chi connectivity index (χ0n) is 17.5. The molecule has 0 heterocycles. The molecule has 0 spiro atoms. The molecule has 172 valence electrons. The molecule has 2 rings (SSSR count). The van der Waals surface area contributed by atoms with Gasteiger partial charge in [-0.15, -0.1) is 0 Å². The molecule has 0 atom stereocenters. The zero-order chi connectivity index (χ0) is 24.4. The summed E-state index contributed by atoms with van der Waals surface area (Å²) in [7, 11) is 0. The highest BCUT2D eigenvalue weighted by Gasteiger charge is 2.17. The van der Waals surface area contributed by atoms with Crippen molar-refractivity contribution in [2.24, 2.45) is 0 Å². The number of rotatable bonds is 9. The van der Waals surface area contributed by atoms with E-state index < -0.39 is 35.4 Å². The summed E-state index contributed by atoms with van der Waals surface area (Å²) in [5, 5.41) is 0. The Hall–Kier alpha value is -4.47. The van der Waals surface area contributed by atoms with Crippen LogP contribution in [0.2, 0.25) is 0 Å². The van der Waals surface area contributed by atoms with Gasteiger partial charge in [0.05, 0.1) is 5.56 Å². The van der Waals surface area contributed by atoms with Gasteiger partial charge in [-0.2, -0.15) is 0 Å². The molecular weight excluding hydrogens is 439 g/mol. The lowest BCUT2D eigenvalue weighted by Crippen LogP contribution is -2.16. The van der Waals surface area contributed by atoms with E-state index >= 15 is 0 Å². The van der Waals surface area contributed by atoms with Crippen molar-refractivity contribution in [3.63, 3.8) is 0 Å². The van der Waals surface area contributed by atoms with Gasteiger partial charge >= 0.3 is 24.1 Å². The Bertz CT molecular complexity index is 1070. The summed E-state index contributed by atoms with van der Waals surface area (Å²) in [5.74, 6) is -3.23. The molecule has 0 radical (unpaired) electrons. The van der Waals surface area contributed by atoms with Crippen LogP contribution in [0, 0.1) is 5.82 Å². The van der Waals surface area contributed by atoms with Gasteiger partial charge in [0, 0.05) is 17.7 Å². The van der Waals surface area contributed by atoms with E-state index in [0.29, 0.717) is 0 Å². The van der Waals surface area contributed by atoms with E-state index in [9.17, 15) is 23.6 Å². The molecular formula is C23H19FO9. The Morgan fingerprint density at radius 3 is 2.03 bits per heavy atom. The maximum Gasteiger partial charge on any atom is 0.513 e. The van der Waals surface area contributed by atoms with Crippen molar-refractivity contribution in [3.05, 3.63) is 78.7 Å². The predicted molar refractivity (Wildman–Crippen MR) is 111 cm³/mol. The average molecular weight is 458 g/mol. The molecule has 0 saturated heterocycles. The first kappa shape index (κ1) is 24.8. The molecule has 0 aliphatic heterocycles. The number of ether oxygens (including phenoxy) is 5. The zero-order valence-corrected chi connectivity index (χ0v) is 17.5. The van der Waals surface area contributed by atoms with Gasteiger partial charge in [-0.1, -0.05) is 13.2 Å². The van der Waals surface area contributed by atoms with Crippen molar-refractivity contribution in [2.45, 2.75) is 6.92 Å². The molecule has 0 unspecified atom stereocenters. The summed E-state index contributed by atoms with van der Waals surface area (Å²) in [5.41, 5.74) is -0.194. The molecule has 2 aromatic rings. The predicted octanol–water partition coefficient (Wildman–Crippen LogP) is 3.77. The highest BCUT2D eigenvalue weighted by atomic mass is 19.1. The first-order valence-electron chi connectivity index (χ1n) is 9.33. The van der Waals surface area contributed by atoms with Crippen LogP contribution in [0.3, 0.4) is 0 Å². The van der Waals surface area contributed by atoms with Crippen LogP contribution in [0.25, 0.3) is 0 Å². The molecule has 0 bridgehead atoms. The molecule has 0 aliphatic carbocycles. The summed E-state index contributed by atoms with van der Waals surface area (Å²) < 4.78 is 38.5. The summed E-state index contributed by atoms with van der Waals surface area (Å²) in [6, 6.07) is 8.53. The van der Waals surface area contributed by atoms with Crippen LogP contribution in [0.4, 0.5) is 9.18 Å². The third-order valence-corrected chi connectivity index (χ3v) is 3.67. The second-order valence-electron chi connectivity index (χ2n) is 6.24. The topological polar surface area (TPSA) is 114 Å². The lowest BCUT2D eigenvalue weighted by atomic mass is 10.2. The highest BCUT2D eigenvalue weighted by Crippen LogP contribution is 2.22. The van der Waals surface area contributed by atoms with Crippen LogP contribution >= 0.6 is 0 Å². The summed E-state index contributed by atoms with van der Waals surface area (Å²) in [4.78, 5) is 46.1. The molecule has 0 N–H and O–H groups in total. The standard InChI is InChI=1S/C23H19FO9/c1-4-20(25)29-11-12-30-23(28)33-17-9-10-18(19(24)13-17)22(27)32-16-7-5-15(6-8-16)31-21(26)14(2)3/h4-10,13H,1-2,11-12H2,3H3. The van der Waals surface area contributed by atoms with Crippen molar-refractivity contribution >= 4 is 24.1 Å². The molecule has 0 fully saturated rings. The minimum absolute atomic E-state index is 0.0792. The molecule has 0 saturated carbocycles. The van der Waals surface area contributed by atoms with Gasteiger partial charge in [0.2, 0.25) is 0 Å². The van der Waals surface area contributed by atoms with Crippen LogP contribution in [-0.4, -0.2) is 37.3 Å². The third-order valence-electron chi connectivity index (χ3n) is 3.67. The largest absolute Gasteiger partial charge is 0.513 e. The van der Waals surface area contributed by atoms with Gasteiger partial charge in [-0.05, 0) is 43.3 Å². The summed E-state index contributed by atoms with van der Waals surface area (Å²) in [6.07, 6.45) is -0.212. The normalized spacial score (nSPS) is 9.88.